The van der Waals surface area contributed by atoms with Gasteiger partial charge in [0.2, 0.25) is 0 Å². The van der Waals surface area contributed by atoms with Crippen LogP contribution in [0.1, 0.15) is 27.2 Å². The summed E-state index contributed by atoms with van der Waals surface area (Å²) in [6, 6.07) is 17.7. The number of carboxylic acids is 1. The van der Waals surface area contributed by atoms with Crippen LogP contribution in [0, 0.1) is 0 Å². The van der Waals surface area contributed by atoms with E-state index in [-0.39, 0.29) is 12.3 Å². The van der Waals surface area contributed by atoms with Crippen molar-refractivity contribution in [3.63, 3.8) is 0 Å². The topological polar surface area (TPSA) is 122 Å². The van der Waals surface area contributed by atoms with Crippen LogP contribution in [0.15, 0.2) is 65.6 Å². The third kappa shape index (κ3) is 4.26. The van der Waals surface area contributed by atoms with Crippen LogP contribution < -0.4 is 10.9 Å². The van der Waals surface area contributed by atoms with E-state index in [0.717, 1.165) is 27.6 Å². The number of pyridine rings is 2. The molecule has 0 spiro atoms. The van der Waals surface area contributed by atoms with E-state index in [1.54, 1.807) is 6.20 Å². The molecule has 0 bridgehead atoms. The Kier molecular flexibility index (Phi) is 6.00. The molecule has 1 amide bonds. The fraction of sp³-hybridized carbons (Fsp3) is 0.154. The van der Waals surface area contributed by atoms with E-state index in [1.165, 1.54) is 16.3 Å². The molecule has 1 aliphatic heterocycles. The molecule has 0 saturated carbocycles. The number of aromatic nitrogens is 2. The van der Waals surface area contributed by atoms with Crippen molar-refractivity contribution < 1.29 is 19.8 Å². The van der Waals surface area contributed by atoms with Crippen molar-refractivity contribution in [1.82, 2.24) is 14.9 Å². The smallest absolute Gasteiger partial charge is 0.322 e. The lowest BCUT2D eigenvalue weighted by atomic mass is 9.99. The normalized spacial score (nSPS) is 12.5. The average molecular weight is 488 g/mol. The van der Waals surface area contributed by atoms with Crippen molar-refractivity contribution in [2.24, 2.45) is 0 Å². The number of thioether (sulfide) groups is 1. The molecule has 0 fully saturated rings. The van der Waals surface area contributed by atoms with Gasteiger partial charge in [0.05, 0.1) is 12.1 Å². The minimum absolute atomic E-state index is 0.221. The molecule has 8 nitrogen and oxygen atoms in total. The Labute approximate surface area is 204 Å². The number of carboxylic acid groups (broad SMARTS) is 1. The third-order valence-electron chi connectivity index (χ3n) is 6.02. The molecule has 0 unspecified atom stereocenters. The Morgan fingerprint density at radius 2 is 1.86 bits per heavy atom. The number of rotatable bonds is 6. The van der Waals surface area contributed by atoms with E-state index in [1.807, 2.05) is 54.6 Å². The van der Waals surface area contributed by atoms with Crippen LogP contribution >= 0.6 is 11.8 Å². The lowest BCUT2D eigenvalue weighted by Gasteiger charge is -2.16. The summed E-state index contributed by atoms with van der Waals surface area (Å²) in [6.07, 6.45) is 1.76. The van der Waals surface area contributed by atoms with Gasteiger partial charge in [-0.3, -0.25) is 19.4 Å². The van der Waals surface area contributed by atoms with Crippen LogP contribution in [-0.4, -0.2) is 38.2 Å². The second-order valence-electron chi connectivity index (χ2n) is 8.18. The summed E-state index contributed by atoms with van der Waals surface area (Å²) in [5.41, 5.74) is 3.98. The van der Waals surface area contributed by atoms with Gasteiger partial charge >= 0.3 is 5.97 Å². The van der Waals surface area contributed by atoms with Crippen LogP contribution in [0.4, 0.5) is 0 Å². The zero-order valence-electron chi connectivity index (χ0n) is 18.5. The van der Waals surface area contributed by atoms with Gasteiger partial charge in [0, 0.05) is 34.3 Å². The maximum absolute atomic E-state index is 13.3. The first-order valence-electron chi connectivity index (χ1n) is 10.9. The Balaban J connectivity index is 1.50. The number of hydrogen-bond acceptors (Lipinski definition) is 6. The maximum atomic E-state index is 13.3. The first kappa shape index (κ1) is 22.7. The molecule has 2 aromatic heterocycles. The summed E-state index contributed by atoms with van der Waals surface area (Å²) < 4.78 is 1.50. The molecular weight excluding hydrogens is 466 g/mol. The Hall–Kier alpha value is -4.11. The van der Waals surface area contributed by atoms with Gasteiger partial charge in [0.1, 0.15) is 17.9 Å². The minimum Gasteiger partial charge on any atom is -0.507 e. The number of amides is 1. The molecule has 5 rings (SSSR count). The van der Waals surface area contributed by atoms with Crippen molar-refractivity contribution in [1.29, 1.82) is 0 Å². The number of nitrogens with one attached hydrogen (secondary N) is 1. The molecule has 1 aliphatic rings. The Morgan fingerprint density at radius 3 is 2.63 bits per heavy atom. The molecule has 2 aromatic carbocycles. The molecule has 3 heterocycles. The van der Waals surface area contributed by atoms with Crippen molar-refractivity contribution in [2.45, 2.75) is 18.1 Å². The molecule has 35 heavy (non-hydrogen) atoms. The maximum Gasteiger partial charge on any atom is 0.322 e. The van der Waals surface area contributed by atoms with E-state index < -0.39 is 29.5 Å². The van der Waals surface area contributed by atoms with Gasteiger partial charge in [-0.2, -0.15) is 11.8 Å². The molecule has 4 aromatic rings. The second kappa shape index (κ2) is 9.27. The SMILES string of the molecule is O=C(O)CNC(=O)c1c(O)c2c(n(Cc3ccc(-c4cccc5ncccc45)cc3)c1=O)CSC2. The van der Waals surface area contributed by atoms with Gasteiger partial charge in [0.25, 0.3) is 11.5 Å². The van der Waals surface area contributed by atoms with E-state index in [9.17, 15) is 19.5 Å². The molecule has 0 saturated heterocycles. The van der Waals surface area contributed by atoms with Crippen LogP contribution in [0.3, 0.4) is 0 Å². The highest BCUT2D eigenvalue weighted by atomic mass is 32.2. The largest absolute Gasteiger partial charge is 0.507 e. The molecule has 0 aliphatic carbocycles. The lowest BCUT2D eigenvalue weighted by molar-refractivity contribution is -0.135. The highest BCUT2D eigenvalue weighted by Gasteiger charge is 2.28. The van der Waals surface area contributed by atoms with Gasteiger partial charge in [-0.1, -0.05) is 42.5 Å². The fourth-order valence-electron chi connectivity index (χ4n) is 4.32. The van der Waals surface area contributed by atoms with E-state index in [4.69, 9.17) is 5.11 Å². The van der Waals surface area contributed by atoms with Gasteiger partial charge < -0.3 is 20.1 Å². The highest BCUT2D eigenvalue weighted by Crippen LogP contribution is 2.36. The molecule has 9 heteroatoms. The van der Waals surface area contributed by atoms with Crippen molar-refractivity contribution in [3.05, 3.63) is 93.5 Å². The van der Waals surface area contributed by atoms with Gasteiger partial charge in [-0.05, 0) is 28.8 Å². The first-order valence-corrected chi connectivity index (χ1v) is 12.1. The van der Waals surface area contributed by atoms with Crippen LogP contribution in [0.2, 0.25) is 0 Å². The molecule has 176 valence electrons. The zero-order valence-corrected chi connectivity index (χ0v) is 19.3. The number of hydrogen-bond donors (Lipinski definition) is 3. The Morgan fingerprint density at radius 1 is 1.06 bits per heavy atom. The molecular formula is C26H21N3O5S. The lowest BCUT2D eigenvalue weighted by Crippen LogP contribution is -2.37. The zero-order chi connectivity index (χ0) is 24.5. The summed E-state index contributed by atoms with van der Waals surface area (Å²) in [6.45, 7) is -0.423. The van der Waals surface area contributed by atoms with E-state index in [0.29, 0.717) is 22.8 Å². The predicted octanol–water partition coefficient (Wildman–Crippen LogP) is 3.38. The standard InChI is InChI=1S/C26H21N3O5S/c30-22(31)11-28-25(33)23-24(32)19-13-35-14-21(19)29(26(23)34)12-15-6-8-16(9-7-15)17-3-1-5-20-18(17)4-2-10-27-20/h1-10,32H,11-14H2,(H,28,33)(H,30,31). The highest BCUT2D eigenvalue weighted by molar-refractivity contribution is 7.98. The van der Waals surface area contributed by atoms with Crippen molar-refractivity contribution in [2.75, 3.05) is 6.54 Å². The first-order chi connectivity index (χ1) is 16.9. The number of benzene rings is 2. The van der Waals surface area contributed by atoms with E-state index in [2.05, 4.69) is 10.3 Å². The molecule has 3 N–H and O–H groups in total. The van der Waals surface area contributed by atoms with Crippen molar-refractivity contribution in [3.8, 4) is 16.9 Å². The summed E-state index contributed by atoms with van der Waals surface area (Å²) in [5, 5.41) is 22.7. The fourth-order valence-corrected chi connectivity index (χ4v) is 5.45. The summed E-state index contributed by atoms with van der Waals surface area (Å²) in [5.74, 6) is -1.50. The number of nitrogens with zero attached hydrogens (tertiary/aromatic N) is 2. The summed E-state index contributed by atoms with van der Waals surface area (Å²) in [7, 11) is 0. The molecule has 0 radical (unpaired) electrons. The number of fused-ring (bicyclic) bond motifs is 2. The van der Waals surface area contributed by atoms with Gasteiger partial charge in [-0.15, -0.1) is 0 Å². The average Bonchev–Trinajstić information content (AvgIpc) is 3.36. The number of carbonyl (C=O) groups is 2. The quantitative estimate of drug-likeness (QED) is 0.381. The van der Waals surface area contributed by atoms with E-state index >= 15 is 0 Å². The van der Waals surface area contributed by atoms with Gasteiger partial charge in [-0.25, -0.2) is 0 Å². The Bertz CT molecular complexity index is 1520. The molecule has 0 atom stereocenters. The van der Waals surface area contributed by atoms with Crippen LogP contribution in [-0.2, 0) is 22.8 Å². The van der Waals surface area contributed by atoms with Gasteiger partial charge in [0.15, 0.2) is 0 Å². The number of aromatic hydroxyl groups is 1. The van der Waals surface area contributed by atoms with Crippen LogP contribution in [0.5, 0.6) is 5.75 Å². The number of aliphatic carboxylic acids is 1. The third-order valence-corrected chi connectivity index (χ3v) is 6.99. The summed E-state index contributed by atoms with van der Waals surface area (Å²) in [4.78, 5) is 41.0. The predicted molar refractivity (Wildman–Crippen MR) is 134 cm³/mol. The van der Waals surface area contributed by atoms with Crippen molar-refractivity contribution >= 4 is 34.5 Å². The minimum atomic E-state index is -1.24. The number of carbonyl (C=O) groups excluding carboxylic acids is 1. The second-order valence-corrected chi connectivity index (χ2v) is 9.17. The summed E-state index contributed by atoms with van der Waals surface area (Å²) >= 11 is 1.54. The monoisotopic (exact) mass is 487 g/mol. The van der Waals surface area contributed by atoms with Crippen LogP contribution in [0.25, 0.3) is 22.0 Å².